The smallest absolute Gasteiger partial charge is 0.342 e. The molecule has 0 aliphatic carbocycles. The summed E-state index contributed by atoms with van der Waals surface area (Å²) in [5, 5.41) is 0.321. The van der Waals surface area contributed by atoms with Gasteiger partial charge in [0, 0.05) is 6.42 Å². The van der Waals surface area contributed by atoms with Crippen LogP contribution in [0.4, 0.5) is 5.82 Å². The quantitative estimate of drug-likeness (QED) is 0.694. The third-order valence-electron chi connectivity index (χ3n) is 3.25. The first-order valence-corrected chi connectivity index (χ1v) is 7.07. The zero-order valence-electron chi connectivity index (χ0n) is 12.0. The highest BCUT2D eigenvalue weighted by molar-refractivity contribution is 6.30. The van der Waals surface area contributed by atoms with Gasteiger partial charge in [0.15, 0.2) is 0 Å². The van der Waals surface area contributed by atoms with E-state index in [1.807, 2.05) is 37.3 Å². The summed E-state index contributed by atoms with van der Waals surface area (Å²) in [6, 6.07) is 9.85. The third kappa shape index (κ3) is 3.34. The molecule has 2 rings (SSSR count). The first kappa shape index (κ1) is 15.3. The molecule has 0 saturated heterocycles. The maximum atomic E-state index is 12.0. The van der Waals surface area contributed by atoms with E-state index in [-0.39, 0.29) is 12.4 Å². The lowest BCUT2D eigenvalue weighted by molar-refractivity contribution is 0.0526. The van der Waals surface area contributed by atoms with E-state index in [4.69, 9.17) is 22.1 Å². The molecule has 1 heterocycles. The van der Waals surface area contributed by atoms with Gasteiger partial charge in [0.1, 0.15) is 16.5 Å². The molecule has 0 bridgehead atoms. The van der Waals surface area contributed by atoms with Crippen molar-refractivity contribution in [2.45, 2.75) is 20.3 Å². The predicted molar refractivity (Wildman–Crippen MR) is 83.6 cm³/mol. The topological polar surface area (TPSA) is 65.2 Å². The predicted octanol–water partition coefficient (Wildman–Crippen LogP) is 3.39. The van der Waals surface area contributed by atoms with Crippen LogP contribution in [-0.2, 0) is 11.2 Å². The normalized spacial score (nSPS) is 10.4. The lowest BCUT2D eigenvalue weighted by Crippen LogP contribution is -2.14. The first-order valence-electron chi connectivity index (χ1n) is 6.70. The number of hydrogen-bond donors (Lipinski definition) is 1. The molecule has 0 aliphatic rings. The molecule has 0 unspecified atom stereocenters. The Kier molecular flexibility index (Phi) is 4.81. The third-order valence-corrected chi connectivity index (χ3v) is 3.57. The van der Waals surface area contributed by atoms with Crippen LogP contribution in [0.25, 0.3) is 0 Å². The summed E-state index contributed by atoms with van der Waals surface area (Å²) in [7, 11) is 0. The molecule has 1 aromatic carbocycles. The van der Waals surface area contributed by atoms with E-state index in [9.17, 15) is 4.79 Å². The summed E-state index contributed by atoms with van der Waals surface area (Å²) < 4.78 is 5.03. The minimum atomic E-state index is -0.467. The Balaban J connectivity index is 2.46. The number of anilines is 1. The second-order valence-corrected chi connectivity index (χ2v) is 5.01. The van der Waals surface area contributed by atoms with Gasteiger partial charge in [-0.25, -0.2) is 9.78 Å². The fourth-order valence-corrected chi connectivity index (χ4v) is 2.49. The van der Waals surface area contributed by atoms with Crippen molar-refractivity contribution in [3.05, 3.63) is 57.7 Å². The van der Waals surface area contributed by atoms with Crippen molar-refractivity contribution in [2.24, 2.45) is 0 Å². The molecule has 5 heteroatoms. The number of benzene rings is 1. The van der Waals surface area contributed by atoms with Crippen LogP contribution >= 0.6 is 11.6 Å². The molecule has 0 fully saturated rings. The van der Waals surface area contributed by atoms with E-state index in [0.717, 1.165) is 16.7 Å². The van der Waals surface area contributed by atoms with Crippen LogP contribution in [0.1, 0.15) is 34.0 Å². The Labute approximate surface area is 128 Å². The van der Waals surface area contributed by atoms with Gasteiger partial charge in [-0.15, -0.1) is 0 Å². The van der Waals surface area contributed by atoms with Gasteiger partial charge in [-0.3, -0.25) is 0 Å². The van der Waals surface area contributed by atoms with Crippen LogP contribution in [-0.4, -0.2) is 17.6 Å². The number of nitrogens with two attached hydrogens (primary N) is 1. The molecule has 0 amide bonds. The summed E-state index contributed by atoms with van der Waals surface area (Å²) in [6.07, 6.45) is 0.588. The van der Waals surface area contributed by atoms with Gasteiger partial charge in [0.2, 0.25) is 0 Å². The molecular formula is C16H17ClN2O2. The second-order valence-electron chi connectivity index (χ2n) is 4.65. The maximum absolute atomic E-state index is 12.0. The second kappa shape index (κ2) is 6.59. The Hall–Kier alpha value is -2.07. The Morgan fingerprint density at radius 2 is 2.00 bits per heavy atom. The molecule has 110 valence electrons. The van der Waals surface area contributed by atoms with E-state index in [2.05, 4.69) is 4.98 Å². The van der Waals surface area contributed by atoms with Crippen LogP contribution in [0.5, 0.6) is 0 Å². The Bertz CT molecular complexity index is 657. The number of carbonyl (C=O) groups excluding carboxylic acids is 1. The van der Waals surface area contributed by atoms with E-state index in [0.29, 0.717) is 17.1 Å². The van der Waals surface area contributed by atoms with Crippen molar-refractivity contribution in [1.29, 1.82) is 0 Å². The molecule has 21 heavy (non-hydrogen) atoms. The minimum absolute atomic E-state index is 0.104. The lowest BCUT2D eigenvalue weighted by atomic mass is 9.98. The number of rotatable bonds is 4. The number of halogens is 1. The fourth-order valence-electron chi connectivity index (χ4n) is 2.19. The van der Waals surface area contributed by atoms with Crippen molar-refractivity contribution in [2.75, 3.05) is 12.3 Å². The molecule has 0 spiro atoms. The number of nitrogen functional groups attached to an aromatic ring is 1. The molecule has 0 radical (unpaired) electrons. The van der Waals surface area contributed by atoms with Gasteiger partial charge in [-0.1, -0.05) is 41.9 Å². The summed E-state index contributed by atoms with van der Waals surface area (Å²) in [6.45, 7) is 3.85. The maximum Gasteiger partial charge on any atom is 0.342 e. The average Bonchev–Trinajstić information content (AvgIpc) is 2.44. The number of carbonyl (C=O) groups is 1. The summed E-state index contributed by atoms with van der Waals surface area (Å²) in [5.41, 5.74) is 8.71. The van der Waals surface area contributed by atoms with Crippen LogP contribution in [0.2, 0.25) is 5.15 Å². The number of esters is 1. The first-order chi connectivity index (χ1) is 10.0. The Morgan fingerprint density at radius 3 is 2.62 bits per heavy atom. The zero-order chi connectivity index (χ0) is 15.4. The summed E-state index contributed by atoms with van der Waals surface area (Å²) in [4.78, 5) is 16.1. The van der Waals surface area contributed by atoms with E-state index >= 15 is 0 Å². The van der Waals surface area contributed by atoms with Gasteiger partial charge in [-0.05, 0) is 30.5 Å². The van der Waals surface area contributed by atoms with Crippen LogP contribution in [0, 0.1) is 6.92 Å². The van der Waals surface area contributed by atoms with Crippen molar-refractivity contribution in [3.63, 3.8) is 0 Å². The highest BCUT2D eigenvalue weighted by Gasteiger charge is 2.21. The summed E-state index contributed by atoms with van der Waals surface area (Å²) in [5.74, 6) is -0.362. The van der Waals surface area contributed by atoms with Crippen LogP contribution in [0.3, 0.4) is 0 Å². The summed E-state index contributed by atoms with van der Waals surface area (Å²) >= 11 is 6.20. The molecule has 0 saturated carbocycles. The van der Waals surface area contributed by atoms with Crippen LogP contribution in [0.15, 0.2) is 30.3 Å². The molecule has 0 aliphatic heterocycles. The largest absolute Gasteiger partial charge is 0.462 e. The highest BCUT2D eigenvalue weighted by Crippen LogP contribution is 2.28. The van der Waals surface area contributed by atoms with E-state index < -0.39 is 5.97 Å². The number of aromatic nitrogens is 1. The Morgan fingerprint density at radius 1 is 1.33 bits per heavy atom. The van der Waals surface area contributed by atoms with Crippen molar-refractivity contribution in [1.82, 2.24) is 4.98 Å². The van der Waals surface area contributed by atoms with Crippen LogP contribution < -0.4 is 5.73 Å². The van der Waals surface area contributed by atoms with Gasteiger partial charge in [0.05, 0.1) is 6.61 Å². The van der Waals surface area contributed by atoms with Crippen molar-refractivity contribution < 1.29 is 9.53 Å². The molecule has 0 atom stereocenters. The zero-order valence-corrected chi connectivity index (χ0v) is 12.8. The monoisotopic (exact) mass is 304 g/mol. The molecule has 4 nitrogen and oxygen atoms in total. The minimum Gasteiger partial charge on any atom is -0.462 e. The molecule has 2 aromatic rings. The van der Waals surface area contributed by atoms with Gasteiger partial charge in [-0.2, -0.15) is 0 Å². The van der Waals surface area contributed by atoms with E-state index in [1.54, 1.807) is 6.92 Å². The van der Waals surface area contributed by atoms with Crippen molar-refractivity contribution >= 4 is 23.4 Å². The number of ether oxygens (including phenoxy) is 1. The lowest BCUT2D eigenvalue weighted by Gasteiger charge is -2.14. The fraction of sp³-hybridized carbons (Fsp3) is 0.250. The molecular weight excluding hydrogens is 288 g/mol. The van der Waals surface area contributed by atoms with Crippen molar-refractivity contribution in [3.8, 4) is 0 Å². The molecule has 2 N–H and O–H groups in total. The van der Waals surface area contributed by atoms with Gasteiger partial charge >= 0.3 is 5.97 Å². The standard InChI is InChI=1S/C16H17ClN2O2/c1-3-21-16(20)13-10(2)12(14(17)19-15(13)18)9-11-7-5-4-6-8-11/h4-8H,3,9H2,1-2H3,(H2,18,19). The number of pyridine rings is 1. The highest BCUT2D eigenvalue weighted by atomic mass is 35.5. The number of hydrogen-bond acceptors (Lipinski definition) is 4. The van der Waals surface area contributed by atoms with Gasteiger partial charge in [0.25, 0.3) is 0 Å². The SMILES string of the molecule is CCOC(=O)c1c(N)nc(Cl)c(Cc2ccccc2)c1C. The van der Waals surface area contributed by atoms with E-state index in [1.165, 1.54) is 0 Å². The number of nitrogens with zero attached hydrogens (tertiary/aromatic N) is 1. The average molecular weight is 305 g/mol. The van der Waals surface area contributed by atoms with Gasteiger partial charge < -0.3 is 10.5 Å². The molecule has 1 aromatic heterocycles.